The molecule has 0 aliphatic rings. The van der Waals surface area contributed by atoms with E-state index in [-0.39, 0.29) is 12.1 Å². The van der Waals surface area contributed by atoms with Crippen LogP contribution in [0.15, 0.2) is 51.7 Å². The van der Waals surface area contributed by atoms with Gasteiger partial charge in [0.1, 0.15) is 0 Å². The summed E-state index contributed by atoms with van der Waals surface area (Å²) >= 11 is 3.51. The fourth-order valence-corrected chi connectivity index (χ4v) is 2.84. The molecule has 0 radical (unpaired) electrons. The van der Waals surface area contributed by atoms with Crippen LogP contribution in [0.5, 0.6) is 0 Å². The van der Waals surface area contributed by atoms with Crippen LogP contribution in [0.2, 0.25) is 0 Å². The molecular formula is C15H19BrN2O. The van der Waals surface area contributed by atoms with Crippen LogP contribution in [0.1, 0.15) is 24.1 Å². The van der Waals surface area contributed by atoms with Crippen LogP contribution in [0.3, 0.4) is 0 Å². The van der Waals surface area contributed by atoms with Gasteiger partial charge in [-0.05, 0) is 37.7 Å². The molecule has 0 bridgehead atoms. The zero-order chi connectivity index (χ0) is 13.8. The zero-order valence-corrected chi connectivity index (χ0v) is 12.8. The van der Waals surface area contributed by atoms with E-state index in [9.17, 15) is 0 Å². The van der Waals surface area contributed by atoms with E-state index in [0.717, 1.165) is 16.6 Å². The number of benzene rings is 1. The number of nitrogens with zero attached hydrogens (tertiary/aromatic N) is 1. The minimum absolute atomic E-state index is 0.0474. The van der Waals surface area contributed by atoms with E-state index in [1.807, 2.05) is 25.1 Å². The second kappa shape index (κ2) is 6.37. The van der Waals surface area contributed by atoms with Gasteiger partial charge in [-0.2, -0.15) is 0 Å². The summed E-state index contributed by atoms with van der Waals surface area (Å²) in [6.07, 6.45) is 3.47. The molecule has 1 heterocycles. The smallest absolute Gasteiger partial charge is 0.0947 e. The number of likely N-dealkylation sites (N-methyl/N-ethyl adjacent to an activating group) is 1. The predicted octanol–water partition coefficient (Wildman–Crippen LogP) is 3.56. The van der Waals surface area contributed by atoms with Gasteiger partial charge in [0.25, 0.3) is 0 Å². The summed E-state index contributed by atoms with van der Waals surface area (Å²) in [5, 5.41) is 0. The Balaban J connectivity index is 2.20. The summed E-state index contributed by atoms with van der Waals surface area (Å²) in [7, 11) is 2.09. The first-order valence-corrected chi connectivity index (χ1v) is 7.09. The molecule has 2 N–H and O–H groups in total. The predicted molar refractivity (Wildman–Crippen MR) is 80.7 cm³/mol. The molecule has 2 rings (SSSR count). The number of halogens is 1. The quantitative estimate of drug-likeness (QED) is 0.915. The highest BCUT2D eigenvalue weighted by Crippen LogP contribution is 2.26. The molecule has 1 aromatic carbocycles. The van der Waals surface area contributed by atoms with Crippen LogP contribution in [-0.2, 0) is 6.54 Å². The first-order valence-electron chi connectivity index (χ1n) is 6.30. The van der Waals surface area contributed by atoms with Crippen LogP contribution in [-0.4, -0.2) is 18.0 Å². The monoisotopic (exact) mass is 322 g/mol. The molecule has 1 aromatic heterocycles. The summed E-state index contributed by atoms with van der Waals surface area (Å²) in [6.45, 7) is 2.85. The van der Waals surface area contributed by atoms with Crippen LogP contribution in [0.25, 0.3) is 0 Å². The Labute approximate surface area is 122 Å². The zero-order valence-electron chi connectivity index (χ0n) is 11.2. The fraction of sp³-hybridized carbons (Fsp3) is 0.333. The first-order chi connectivity index (χ1) is 9.08. The molecule has 2 aromatic rings. The third-order valence-corrected chi connectivity index (χ3v) is 3.67. The third kappa shape index (κ3) is 3.69. The molecule has 102 valence electrons. The van der Waals surface area contributed by atoms with Crippen LogP contribution < -0.4 is 5.73 Å². The van der Waals surface area contributed by atoms with Gasteiger partial charge in [-0.25, -0.2) is 0 Å². The molecule has 0 spiro atoms. The summed E-state index contributed by atoms with van der Waals surface area (Å²) in [5.41, 5.74) is 8.54. The molecule has 2 unspecified atom stereocenters. The van der Waals surface area contributed by atoms with E-state index >= 15 is 0 Å². The van der Waals surface area contributed by atoms with Crippen molar-refractivity contribution in [1.29, 1.82) is 0 Å². The molecule has 3 nitrogen and oxygen atoms in total. The van der Waals surface area contributed by atoms with Gasteiger partial charge in [0.05, 0.1) is 12.5 Å². The first kappa shape index (κ1) is 14.3. The summed E-state index contributed by atoms with van der Waals surface area (Å²) < 4.78 is 6.19. The Morgan fingerprint density at radius 1 is 1.37 bits per heavy atom. The van der Waals surface area contributed by atoms with Crippen molar-refractivity contribution in [3.63, 3.8) is 0 Å². The van der Waals surface area contributed by atoms with E-state index in [1.54, 1.807) is 12.5 Å². The highest BCUT2D eigenvalue weighted by atomic mass is 79.9. The topological polar surface area (TPSA) is 42.4 Å². The van der Waals surface area contributed by atoms with Gasteiger partial charge < -0.3 is 10.2 Å². The number of nitrogens with two attached hydrogens (primary N) is 1. The molecule has 4 heteroatoms. The van der Waals surface area contributed by atoms with Crippen molar-refractivity contribution in [3.8, 4) is 0 Å². The molecule has 0 saturated heterocycles. The minimum Gasteiger partial charge on any atom is -0.472 e. The average molecular weight is 323 g/mol. The van der Waals surface area contributed by atoms with E-state index in [1.165, 1.54) is 5.56 Å². The molecule has 0 amide bonds. The lowest BCUT2D eigenvalue weighted by molar-refractivity contribution is 0.210. The standard InChI is InChI=1S/C15H19BrN2O/c1-11(17)15(13-4-3-5-14(16)8-13)18(2)9-12-6-7-19-10-12/h3-8,10-11,15H,9,17H2,1-2H3. The van der Waals surface area contributed by atoms with Crippen molar-refractivity contribution in [1.82, 2.24) is 4.90 Å². The Morgan fingerprint density at radius 3 is 2.74 bits per heavy atom. The SMILES string of the molecule is CC(N)C(c1cccc(Br)c1)N(C)Cc1ccoc1. The largest absolute Gasteiger partial charge is 0.472 e. The van der Waals surface area contributed by atoms with Gasteiger partial charge in [0.2, 0.25) is 0 Å². The van der Waals surface area contributed by atoms with E-state index in [4.69, 9.17) is 10.2 Å². The maximum absolute atomic E-state index is 6.17. The Kier molecular flexibility index (Phi) is 4.80. The van der Waals surface area contributed by atoms with Crippen LogP contribution >= 0.6 is 15.9 Å². The number of furan rings is 1. The number of hydrogen-bond donors (Lipinski definition) is 1. The summed E-state index contributed by atoms with van der Waals surface area (Å²) in [6, 6.07) is 10.5. The van der Waals surface area contributed by atoms with Gasteiger partial charge in [-0.3, -0.25) is 4.90 Å². The summed E-state index contributed by atoms with van der Waals surface area (Å²) in [4.78, 5) is 2.25. The van der Waals surface area contributed by atoms with Crippen molar-refractivity contribution >= 4 is 15.9 Å². The average Bonchev–Trinajstić information content (AvgIpc) is 2.81. The second-order valence-electron chi connectivity index (χ2n) is 4.91. The normalized spacial score (nSPS) is 14.6. The second-order valence-corrected chi connectivity index (χ2v) is 5.82. The molecule has 0 aliphatic carbocycles. The molecule has 2 atom stereocenters. The molecule has 0 fully saturated rings. The van der Waals surface area contributed by atoms with Crippen molar-refractivity contribution < 1.29 is 4.42 Å². The Morgan fingerprint density at radius 2 is 2.16 bits per heavy atom. The molecule has 0 saturated carbocycles. The fourth-order valence-electron chi connectivity index (χ4n) is 2.42. The lowest BCUT2D eigenvalue weighted by atomic mass is 9.99. The maximum atomic E-state index is 6.17. The van der Waals surface area contributed by atoms with E-state index in [2.05, 4.69) is 40.0 Å². The minimum atomic E-state index is 0.0474. The van der Waals surface area contributed by atoms with Crippen molar-refractivity contribution in [2.75, 3.05) is 7.05 Å². The maximum Gasteiger partial charge on any atom is 0.0947 e. The molecule has 0 aliphatic heterocycles. The van der Waals surface area contributed by atoms with Gasteiger partial charge in [0.15, 0.2) is 0 Å². The number of rotatable bonds is 5. The van der Waals surface area contributed by atoms with Crippen molar-refractivity contribution in [3.05, 3.63) is 58.5 Å². The highest BCUT2D eigenvalue weighted by Gasteiger charge is 2.21. The Hall–Kier alpha value is -1.10. The van der Waals surface area contributed by atoms with E-state index in [0.29, 0.717) is 0 Å². The number of hydrogen-bond acceptors (Lipinski definition) is 3. The van der Waals surface area contributed by atoms with Crippen molar-refractivity contribution in [2.45, 2.75) is 25.6 Å². The molecule has 19 heavy (non-hydrogen) atoms. The Bertz CT molecular complexity index is 511. The lowest BCUT2D eigenvalue weighted by Gasteiger charge is -2.31. The van der Waals surface area contributed by atoms with Gasteiger partial charge in [-0.15, -0.1) is 0 Å². The van der Waals surface area contributed by atoms with Gasteiger partial charge >= 0.3 is 0 Å². The van der Waals surface area contributed by atoms with Crippen LogP contribution in [0.4, 0.5) is 0 Å². The lowest BCUT2D eigenvalue weighted by Crippen LogP contribution is -2.36. The highest BCUT2D eigenvalue weighted by molar-refractivity contribution is 9.10. The van der Waals surface area contributed by atoms with Crippen LogP contribution in [0, 0.1) is 0 Å². The van der Waals surface area contributed by atoms with Gasteiger partial charge in [0, 0.05) is 28.7 Å². The molecular weight excluding hydrogens is 304 g/mol. The van der Waals surface area contributed by atoms with Gasteiger partial charge in [-0.1, -0.05) is 28.1 Å². The van der Waals surface area contributed by atoms with E-state index < -0.39 is 0 Å². The third-order valence-electron chi connectivity index (χ3n) is 3.18. The van der Waals surface area contributed by atoms with Crippen molar-refractivity contribution in [2.24, 2.45) is 5.73 Å². The summed E-state index contributed by atoms with van der Waals surface area (Å²) in [5.74, 6) is 0.